The standard InChI is InChI=1S/C18H17ClN4O2/c19-18-16(24-10-4-6-12(20)14(22)8-10)2-1-3-17(18)25-11-5-7-13(21)15(23)9-11/h1-9H,20-23H2. The summed E-state index contributed by atoms with van der Waals surface area (Å²) < 4.78 is 11.5. The molecular weight excluding hydrogens is 340 g/mol. The van der Waals surface area contributed by atoms with E-state index in [2.05, 4.69) is 0 Å². The highest BCUT2D eigenvalue weighted by atomic mass is 35.5. The molecule has 3 rings (SSSR count). The minimum atomic E-state index is 0.313. The molecule has 0 heterocycles. The minimum Gasteiger partial charge on any atom is -0.456 e. The molecule has 8 N–H and O–H groups in total. The highest BCUT2D eigenvalue weighted by Crippen LogP contribution is 2.39. The van der Waals surface area contributed by atoms with Crippen LogP contribution in [0.5, 0.6) is 23.0 Å². The summed E-state index contributed by atoms with van der Waals surface area (Å²) in [5.74, 6) is 1.88. The quantitative estimate of drug-likeness (QED) is 0.518. The average Bonchev–Trinajstić information content (AvgIpc) is 2.58. The van der Waals surface area contributed by atoms with Gasteiger partial charge in [-0.05, 0) is 36.4 Å². The molecule has 0 bridgehead atoms. The van der Waals surface area contributed by atoms with Crippen LogP contribution < -0.4 is 32.4 Å². The second-order valence-electron chi connectivity index (χ2n) is 5.35. The van der Waals surface area contributed by atoms with Crippen molar-refractivity contribution >= 4 is 34.4 Å². The Balaban J connectivity index is 1.86. The normalized spacial score (nSPS) is 10.4. The molecule has 3 aromatic carbocycles. The van der Waals surface area contributed by atoms with Crippen LogP contribution in [-0.2, 0) is 0 Å². The molecule has 0 unspecified atom stereocenters. The number of anilines is 4. The molecule has 7 heteroatoms. The number of ether oxygens (including phenoxy) is 2. The molecule has 0 amide bonds. The number of hydrogen-bond donors (Lipinski definition) is 4. The van der Waals surface area contributed by atoms with Crippen molar-refractivity contribution in [3.8, 4) is 23.0 Å². The largest absolute Gasteiger partial charge is 0.456 e. The molecule has 0 aliphatic carbocycles. The Hall–Kier alpha value is -3.25. The molecule has 0 aromatic heterocycles. The zero-order valence-electron chi connectivity index (χ0n) is 13.2. The van der Waals surface area contributed by atoms with Gasteiger partial charge in [0.05, 0.1) is 22.7 Å². The highest BCUT2D eigenvalue weighted by Gasteiger charge is 2.11. The molecule has 0 spiro atoms. The molecule has 25 heavy (non-hydrogen) atoms. The molecule has 0 aliphatic heterocycles. The number of halogens is 1. The van der Waals surface area contributed by atoms with Gasteiger partial charge in [0.2, 0.25) is 0 Å². The third-order valence-corrected chi connectivity index (χ3v) is 3.87. The van der Waals surface area contributed by atoms with E-state index in [1.54, 1.807) is 54.6 Å². The van der Waals surface area contributed by atoms with E-state index in [4.69, 9.17) is 44.0 Å². The summed E-state index contributed by atoms with van der Waals surface area (Å²) >= 11 is 6.39. The Morgan fingerprint density at radius 1 is 0.600 bits per heavy atom. The molecule has 128 valence electrons. The fourth-order valence-corrected chi connectivity index (χ4v) is 2.34. The predicted octanol–water partition coefficient (Wildman–Crippen LogP) is 4.25. The Bertz CT molecular complexity index is 859. The average molecular weight is 357 g/mol. The third kappa shape index (κ3) is 3.64. The van der Waals surface area contributed by atoms with Crippen molar-refractivity contribution in [2.45, 2.75) is 0 Å². The van der Waals surface area contributed by atoms with Crippen LogP contribution in [0.3, 0.4) is 0 Å². The van der Waals surface area contributed by atoms with E-state index in [0.29, 0.717) is 50.8 Å². The van der Waals surface area contributed by atoms with Crippen molar-refractivity contribution in [2.75, 3.05) is 22.9 Å². The maximum Gasteiger partial charge on any atom is 0.149 e. The van der Waals surface area contributed by atoms with E-state index in [1.165, 1.54) is 0 Å². The van der Waals surface area contributed by atoms with Gasteiger partial charge in [0.1, 0.15) is 28.0 Å². The lowest BCUT2D eigenvalue weighted by atomic mass is 10.2. The van der Waals surface area contributed by atoms with Crippen molar-refractivity contribution in [3.05, 3.63) is 59.6 Å². The summed E-state index contributed by atoms with van der Waals surface area (Å²) in [4.78, 5) is 0. The fourth-order valence-electron chi connectivity index (χ4n) is 2.13. The predicted molar refractivity (Wildman–Crippen MR) is 102 cm³/mol. The van der Waals surface area contributed by atoms with Crippen molar-refractivity contribution in [2.24, 2.45) is 0 Å². The van der Waals surface area contributed by atoms with Crippen molar-refractivity contribution in [3.63, 3.8) is 0 Å². The molecule has 0 radical (unpaired) electrons. The van der Waals surface area contributed by atoms with Gasteiger partial charge in [-0.25, -0.2) is 0 Å². The highest BCUT2D eigenvalue weighted by molar-refractivity contribution is 6.33. The van der Waals surface area contributed by atoms with Crippen molar-refractivity contribution in [1.29, 1.82) is 0 Å². The SMILES string of the molecule is Nc1ccc(Oc2cccc(Oc3ccc(N)c(N)c3)c2Cl)cc1N. The first-order valence-corrected chi connectivity index (χ1v) is 7.76. The number of nitrogens with two attached hydrogens (primary N) is 4. The van der Waals surface area contributed by atoms with Gasteiger partial charge in [0.15, 0.2) is 0 Å². The summed E-state index contributed by atoms with van der Waals surface area (Å²) in [6.45, 7) is 0. The maximum atomic E-state index is 6.39. The third-order valence-electron chi connectivity index (χ3n) is 3.50. The molecule has 6 nitrogen and oxygen atoms in total. The van der Waals surface area contributed by atoms with Gasteiger partial charge < -0.3 is 32.4 Å². The lowest BCUT2D eigenvalue weighted by Gasteiger charge is -2.13. The van der Waals surface area contributed by atoms with Crippen molar-refractivity contribution in [1.82, 2.24) is 0 Å². The van der Waals surface area contributed by atoms with Crippen LogP contribution in [0, 0.1) is 0 Å². The number of hydrogen-bond acceptors (Lipinski definition) is 6. The van der Waals surface area contributed by atoms with Crippen LogP contribution >= 0.6 is 11.6 Å². The Labute approximate surface area is 149 Å². The summed E-state index contributed by atoms with van der Waals surface area (Å²) in [6.07, 6.45) is 0. The van der Waals surface area contributed by atoms with E-state index in [9.17, 15) is 0 Å². The number of nitrogen functional groups attached to an aromatic ring is 4. The van der Waals surface area contributed by atoms with Crippen LogP contribution in [0.15, 0.2) is 54.6 Å². The van der Waals surface area contributed by atoms with Crippen LogP contribution in [0.25, 0.3) is 0 Å². The lowest BCUT2D eigenvalue weighted by Crippen LogP contribution is -1.96. The molecule has 0 aliphatic rings. The Morgan fingerprint density at radius 3 is 1.44 bits per heavy atom. The summed E-state index contributed by atoms with van der Waals surface area (Å²) in [5, 5.41) is 0.313. The minimum absolute atomic E-state index is 0.313. The smallest absolute Gasteiger partial charge is 0.149 e. The summed E-state index contributed by atoms with van der Waals surface area (Å²) in [6, 6.07) is 15.2. The van der Waals surface area contributed by atoms with Gasteiger partial charge in [-0.2, -0.15) is 0 Å². The first-order valence-electron chi connectivity index (χ1n) is 7.38. The van der Waals surface area contributed by atoms with E-state index >= 15 is 0 Å². The van der Waals surface area contributed by atoms with Gasteiger partial charge in [0.25, 0.3) is 0 Å². The van der Waals surface area contributed by atoms with Gasteiger partial charge in [-0.3, -0.25) is 0 Å². The van der Waals surface area contributed by atoms with E-state index in [-0.39, 0.29) is 0 Å². The zero-order chi connectivity index (χ0) is 18.0. The Morgan fingerprint density at radius 2 is 1.04 bits per heavy atom. The molecule has 0 saturated heterocycles. The molecular formula is C18H17ClN4O2. The van der Waals surface area contributed by atoms with Gasteiger partial charge >= 0.3 is 0 Å². The topological polar surface area (TPSA) is 123 Å². The van der Waals surface area contributed by atoms with Crippen LogP contribution in [0.2, 0.25) is 5.02 Å². The molecule has 3 aromatic rings. The lowest BCUT2D eigenvalue weighted by molar-refractivity contribution is 0.461. The molecule has 0 atom stereocenters. The first kappa shape index (κ1) is 16.6. The van der Waals surface area contributed by atoms with Crippen LogP contribution in [0.4, 0.5) is 22.7 Å². The second-order valence-corrected chi connectivity index (χ2v) is 5.73. The summed E-state index contributed by atoms with van der Waals surface area (Å²) in [7, 11) is 0. The van der Waals surface area contributed by atoms with Gasteiger partial charge in [-0.1, -0.05) is 17.7 Å². The van der Waals surface area contributed by atoms with E-state index in [1.807, 2.05) is 0 Å². The first-order chi connectivity index (χ1) is 11.9. The Kier molecular flexibility index (Phi) is 4.45. The molecule has 0 saturated carbocycles. The second kappa shape index (κ2) is 6.70. The number of benzene rings is 3. The van der Waals surface area contributed by atoms with Crippen LogP contribution in [0.1, 0.15) is 0 Å². The maximum absolute atomic E-state index is 6.39. The van der Waals surface area contributed by atoms with E-state index in [0.717, 1.165) is 0 Å². The monoisotopic (exact) mass is 356 g/mol. The molecule has 0 fully saturated rings. The van der Waals surface area contributed by atoms with E-state index < -0.39 is 0 Å². The number of rotatable bonds is 4. The van der Waals surface area contributed by atoms with Gasteiger partial charge in [-0.15, -0.1) is 0 Å². The fraction of sp³-hybridized carbons (Fsp3) is 0. The summed E-state index contributed by atoms with van der Waals surface area (Å²) in [5.41, 5.74) is 24.8. The van der Waals surface area contributed by atoms with Gasteiger partial charge in [0, 0.05) is 12.1 Å². The van der Waals surface area contributed by atoms with Crippen molar-refractivity contribution < 1.29 is 9.47 Å². The zero-order valence-corrected chi connectivity index (χ0v) is 14.0. The van der Waals surface area contributed by atoms with Crippen LogP contribution in [-0.4, -0.2) is 0 Å².